The number of carbonyl (C=O) groups excluding carboxylic acids is 1. The molecule has 0 spiro atoms. The van der Waals surface area contributed by atoms with E-state index in [1.54, 1.807) is 7.05 Å². The molecule has 0 saturated carbocycles. The molecule has 106 valence electrons. The Kier molecular flexibility index (Phi) is 5.17. The maximum absolute atomic E-state index is 11.7. The summed E-state index contributed by atoms with van der Waals surface area (Å²) in [6.45, 7) is 9.79. The van der Waals surface area contributed by atoms with E-state index >= 15 is 0 Å². The van der Waals surface area contributed by atoms with Crippen LogP contribution in [0.5, 0.6) is 0 Å². The van der Waals surface area contributed by atoms with Crippen LogP contribution in [0.25, 0.3) is 0 Å². The second-order valence-corrected chi connectivity index (χ2v) is 6.19. The molecule has 1 rings (SSSR count). The number of carbonyl (C=O) groups is 1. The molecule has 0 aromatic rings. The van der Waals surface area contributed by atoms with Gasteiger partial charge in [-0.15, -0.1) is 0 Å². The first-order valence-corrected chi connectivity index (χ1v) is 6.92. The quantitative estimate of drug-likeness (QED) is 0.787. The monoisotopic (exact) mass is 256 g/mol. The molecule has 0 radical (unpaired) electrons. The molecule has 1 heterocycles. The summed E-state index contributed by atoms with van der Waals surface area (Å²) in [5, 5.41) is 6.24. The van der Waals surface area contributed by atoms with Crippen LogP contribution in [0.3, 0.4) is 0 Å². The summed E-state index contributed by atoms with van der Waals surface area (Å²) < 4.78 is 5.83. The second-order valence-electron chi connectivity index (χ2n) is 6.19. The zero-order chi connectivity index (χ0) is 13.8. The molecule has 2 atom stereocenters. The number of ether oxygens (including phenoxy) is 1. The van der Waals surface area contributed by atoms with Crippen LogP contribution in [0.2, 0.25) is 0 Å². The second kappa shape index (κ2) is 6.02. The number of rotatable bonds is 5. The fourth-order valence-corrected chi connectivity index (χ4v) is 2.37. The zero-order valence-corrected chi connectivity index (χ0v) is 12.4. The van der Waals surface area contributed by atoms with Crippen molar-refractivity contribution in [2.24, 2.45) is 5.41 Å². The van der Waals surface area contributed by atoms with Crippen LogP contribution in [0.4, 0.5) is 0 Å². The Morgan fingerprint density at radius 2 is 2.17 bits per heavy atom. The van der Waals surface area contributed by atoms with E-state index in [0.717, 1.165) is 25.9 Å². The molecule has 2 unspecified atom stereocenters. The van der Waals surface area contributed by atoms with Crippen molar-refractivity contribution >= 4 is 5.91 Å². The maximum atomic E-state index is 11.7. The third-order valence-electron chi connectivity index (χ3n) is 4.02. The van der Waals surface area contributed by atoms with Gasteiger partial charge >= 0.3 is 0 Å². The molecule has 1 fully saturated rings. The number of hydrogen-bond donors (Lipinski definition) is 2. The number of nitrogens with one attached hydrogen (secondary N) is 2. The minimum absolute atomic E-state index is 0.00687. The average Bonchev–Trinajstić information content (AvgIpc) is 2.35. The Morgan fingerprint density at radius 3 is 2.72 bits per heavy atom. The highest BCUT2D eigenvalue weighted by Crippen LogP contribution is 2.28. The van der Waals surface area contributed by atoms with Gasteiger partial charge in [-0.05, 0) is 40.0 Å². The summed E-state index contributed by atoms with van der Waals surface area (Å²) in [6.07, 6.45) is 3.08. The van der Waals surface area contributed by atoms with Gasteiger partial charge in [0.1, 0.15) is 0 Å². The van der Waals surface area contributed by atoms with Crippen LogP contribution in [0.15, 0.2) is 0 Å². The Balaban J connectivity index is 2.46. The fraction of sp³-hybridized carbons (Fsp3) is 0.929. The summed E-state index contributed by atoms with van der Waals surface area (Å²) in [7, 11) is 1.69. The van der Waals surface area contributed by atoms with Gasteiger partial charge in [-0.25, -0.2) is 0 Å². The molecule has 0 aliphatic carbocycles. The van der Waals surface area contributed by atoms with Crippen molar-refractivity contribution in [3.8, 4) is 0 Å². The van der Waals surface area contributed by atoms with E-state index < -0.39 is 0 Å². The molecule has 4 heteroatoms. The van der Waals surface area contributed by atoms with E-state index in [2.05, 4.69) is 24.5 Å². The first-order valence-electron chi connectivity index (χ1n) is 6.92. The van der Waals surface area contributed by atoms with Gasteiger partial charge in [-0.2, -0.15) is 0 Å². The standard InChI is InChI=1S/C14H28N2O2/c1-6-14(4)9-11(7-8-18-14)16-10-13(2,3)12(17)15-5/h11,16H,6-10H2,1-5H3,(H,15,17). The molecular weight excluding hydrogens is 228 g/mol. The summed E-state index contributed by atoms with van der Waals surface area (Å²) >= 11 is 0. The fourth-order valence-electron chi connectivity index (χ4n) is 2.37. The predicted molar refractivity (Wildman–Crippen MR) is 73.5 cm³/mol. The van der Waals surface area contributed by atoms with Crippen LogP contribution in [-0.4, -0.2) is 37.7 Å². The minimum atomic E-state index is -0.365. The molecule has 0 aromatic carbocycles. The minimum Gasteiger partial charge on any atom is -0.375 e. The van der Waals surface area contributed by atoms with Gasteiger partial charge in [0.2, 0.25) is 5.91 Å². The van der Waals surface area contributed by atoms with Gasteiger partial charge in [-0.1, -0.05) is 6.92 Å². The molecular formula is C14H28N2O2. The molecule has 18 heavy (non-hydrogen) atoms. The van der Waals surface area contributed by atoms with Crippen molar-refractivity contribution in [3.63, 3.8) is 0 Å². The lowest BCUT2D eigenvalue weighted by Gasteiger charge is -2.39. The molecule has 1 aliphatic heterocycles. The first kappa shape index (κ1) is 15.4. The third-order valence-corrected chi connectivity index (χ3v) is 4.02. The zero-order valence-electron chi connectivity index (χ0n) is 12.4. The first-order chi connectivity index (χ1) is 8.33. The third kappa shape index (κ3) is 3.95. The smallest absolute Gasteiger partial charge is 0.226 e. The highest BCUT2D eigenvalue weighted by molar-refractivity contribution is 5.81. The van der Waals surface area contributed by atoms with Crippen molar-refractivity contribution in [1.82, 2.24) is 10.6 Å². The van der Waals surface area contributed by atoms with Crippen LogP contribution in [-0.2, 0) is 9.53 Å². The molecule has 1 aliphatic rings. The molecule has 0 bridgehead atoms. The summed E-state index contributed by atoms with van der Waals surface area (Å²) in [6, 6.07) is 0.452. The number of amides is 1. The van der Waals surface area contributed by atoms with E-state index in [1.807, 2.05) is 13.8 Å². The maximum Gasteiger partial charge on any atom is 0.226 e. The predicted octanol–water partition coefficient (Wildman–Crippen LogP) is 1.70. The Hall–Kier alpha value is -0.610. The number of hydrogen-bond acceptors (Lipinski definition) is 3. The molecule has 2 N–H and O–H groups in total. The Bertz CT molecular complexity index is 292. The van der Waals surface area contributed by atoms with Gasteiger partial charge < -0.3 is 15.4 Å². The van der Waals surface area contributed by atoms with Gasteiger partial charge in [0.15, 0.2) is 0 Å². The van der Waals surface area contributed by atoms with Gasteiger partial charge in [0, 0.05) is 26.2 Å². The van der Waals surface area contributed by atoms with Gasteiger partial charge in [-0.3, -0.25) is 4.79 Å². The van der Waals surface area contributed by atoms with Crippen molar-refractivity contribution in [1.29, 1.82) is 0 Å². The van der Waals surface area contributed by atoms with E-state index in [0.29, 0.717) is 12.6 Å². The summed E-state index contributed by atoms with van der Waals surface area (Å²) in [5.74, 6) is 0.0836. The van der Waals surface area contributed by atoms with Crippen molar-refractivity contribution in [2.45, 2.75) is 58.6 Å². The summed E-state index contributed by atoms with van der Waals surface area (Å²) in [4.78, 5) is 11.7. The molecule has 1 amide bonds. The van der Waals surface area contributed by atoms with Gasteiger partial charge in [0.05, 0.1) is 11.0 Å². The van der Waals surface area contributed by atoms with E-state index in [1.165, 1.54) is 0 Å². The lowest BCUT2D eigenvalue weighted by atomic mass is 9.88. The molecule has 1 saturated heterocycles. The van der Waals surface area contributed by atoms with E-state index in [4.69, 9.17) is 4.74 Å². The van der Waals surface area contributed by atoms with Crippen LogP contribution in [0, 0.1) is 5.41 Å². The molecule has 0 aromatic heterocycles. The van der Waals surface area contributed by atoms with Crippen molar-refractivity contribution in [2.75, 3.05) is 20.2 Å². The van der Waals surface area contributed by atoms with Crippen molar-refractivity contribution < 1.29 is 9.53 Å². The lowest BCUT2D eigenvalue weighted by molar-refractivity contribution is -0.128. The summed E-state index contributed by atoms with van der Waals surface area (Å²) in [5.41, 5.74) is -0.372. The Labute approximate surface area is 111 Å². The van der Waals surface area contributed by atoms with Gasteiger partial charge in [0.25, 0.3) is 0 Å². The average molecular weight is 256 g/mol. The SMILES string of the molecule is CCC1(C)CC(NCC(C)(C)C(=O)NC)CCO1. The largest absolute Gasteiger partial charge is 0.375 e. The van der Waals surface area contributed by atoms with Crippen LogP contribution in [0.1, 0.15) is 47.0 Å². The van der Waals surface area contributed by atoms with E-state index in [9.17, 15) is 4.79 Å². The molecule has 4 nitrogen and oxygen atoms in total. The van der Waals surface area contributed by atoms with Crippen molar-refractivity contribution in [3.05, 3.63) is 0 Å². The Morgan fingerprint density at radius 1 is 1.50 bits per heavy atom. The topological polar surface area (TPSA) is 50.4 Å². The highest BCUT2D eigenvalue weighted by Gasteiger charge is 2.33. The normalized spacial score (nSPS) is 29.1. The van der Waals surface area contributed by atoms with E-state index in [-0.39, 0.29) is 16.9 Å². The highest BCUT2D eigenvalue weighted by atomic mass is 16.5. The lowest BCUT2D eigenvalue weighted by Crippen LogP contribution is -2.49. The van der Waals surface area contributed by atoms with Crippen LogP contribution >= 0.6 is 0 Å². The van der Waals surface area contributed by atoms with Crippen LogP contribution < -0.4 is 10.6 Å².